The van der Waals surface area contributed by atoms with Gasteiger partial charge in [-0.3, -0.25) is 0 Å². The van der Waals surface area contributed by atoms with Gasteiger partial charge in [-0.25, -0.2) is 0 Å². The molecule has 0 saturated heterocycles. The molecular weight excluding hydrogens is 248 g/mol. The summed E-state index contributed by atoms with van der Waals surface area (Å²) >= 11 is 0. The van der Waals surface area contributed by atoms with Gasteiger partial charge in [0.2, 0.25) is 0 Å². The Morgan fingerprint density at radius 2 is 1.37 bits per heavy atom. The van der Waals surface area contributed by atoms with Crippen molar-refractivity contribution >= 4 is 8.32 Å². The lowest BCUT2D eigenvalue weighted by molar-refractivity contribution is 0.410. The molecule has 0 rings (SSSR count). The van der Waals surface area contributed by atoms with Crippen molar-refractivity contribution in [2.24, 2.45) is 5.92 Å². The predicted octanol–water partition coefficient (Wildman–Crippen LogP) is 6.52. The van der Waals surface area contributed by atoms with Crippen molar-refractivity contribution in [3.05, 3.63) is 12.3 Å². The first-order chi connectivity index (χ1) is 8.78. The first-order valence-electron chi connectivity index (χ1n) is 8.13. The van der Waals surface area contributed by atoms with Crippen molar-refractivity contribution in [3.63, 3.8) is 0 Å². The minimum atomic E-state index is -1.71. The van der Waals surface area contributed by atoms with E-state index < -0.39 is 8.32 Å². The Morgan fingerprint density at radius 1 is 0.895 bits per heavy atom. The molecule has 0 heterocycles. The highest BCUT2D eigenvalue weighted by atomic mass is 28.4. The Kier molecular flexibility index (Phi) is 8.72. The maximum atomic E-state index is 6.42. The fourth-order valence-corrected chi connectivity index (χ4v) is 8.45. The summed E-state index contributed by atoms with van der Waals surface area (Å²) in [6.07, 6.45) is 8.17. The zero-order chi connectivity index (χ0) is 15.1. The molecule has 0 aliphatic rings. The second-order valence-corrected chi connectivity index (χ2v) is 12.3. The normalized spacial score (nSPS) is 14.9. The summed E-state index contributed by atoms with van der Waals surface area (Å²) in [6, 6.07) is 0. The fourth-order valence-electron chi connectivity index (χ4n) is 3.32. The van der Waals surface area contributed by atoms with Crippen LogP contribution in [0.15, 0.2) is 12.3 Å². The van der Waals surface area contributed by atoms with E-state index in [0.717, 1.165) is 0 Å². The SMILES string of the molecule is CCCCC(C)/C=C\O[Si](C(C)C)(C(C)C)C(C)C. The fraction of sp³-hybridized carbons (Fsp3) is 0.882. The summed E-state index contributed by atoms with van der Waals surface area (Å²) in [6.45, 7) is 18.5. The minimum Gasteiger partial charge on any atom is -0.548 e. The van der Waals surface area contributed by atoms with Gasteiger partial charge in [-0.15, -0.1) is 0 Å². The van der Waals surface area contributed by atoms with Crippen LogP contribution in [0.1, 0.15) is 74.7 Å². The zero-order valence-electron chi connectivity index (χ0n) is 14.5. The van der Waals surface area contributed by atoms with Gasteiger partial charge < -0.3 is 4.43 Å². The molecule has 0 spiro atoms. The van der Waals surface area contributed by atoms with Crippen molar-refractivity contribution in [3.8, 4) is 0 Å². The molecule has 2 heteroatoms. The molecule has 1 unspecified atom stereocenters. The van der Waals surface area contributed by atoms with Crippen LogP contribution in [0.5, 0.6) is 0 Å². The first kappa shape index (κ1) is 18.8. The number of rotatable bonds is 9. The molecule has 0 bridgehead atoms. The molecule has 0 aliphatic heterocycles. The predicted molar refractivity (Wildman–Crippen MR) is 90.0 cm³/mol. The average molecular weight is 285 g/mol. The second-order valence-electron chi connectivity index (χ2n) is 6.88. The molecule has 0 amide bonds. The molecule has 114 valence electrons. The van der Waals surface area contributed by atoms with E-state index in [1.165, 1.54) is 19.3 Å². The molecule has 0 saturated carbocycles. The van der Waals surface area contributed by atoms with Crippen LogP contribution in [0.4, 0.5) is 0 Å². The quantitative estimate of drug-likeness (QED) is 0.346. The van der Waals surface area contributed by atoms with Gasteiger partial charge in [0, 0.05) is 0 Å². The summed E-state index contributed by atoms with van der Waals surface area (Å²) in [5.41, 5.74) is 1.97. The van der Waals surface area contributed by atoms with Gasteiger partial charge in [0.1, 0.15) is 0 Å². The third-order valence-corrected chi connectivity index (χ3v) is 10.4. The van der Waals surface area contributed by atoms with Gasteiger partial charge in [0.25, 0.3) is 8.32 Å². The Bertz CT molecular complexity index is 234. The highest BCUT2D eigenvalue weighted by Gasteiger charge is 2.46. The topological polar surface area (TPSA) is 9.23 Å². The molecule has 0 aromatic heterocycles. The van der Waals surface area contributed by atoms with Gasteiger partial charge in [-0.2, -0.15) is 0 Å². The number of hydrogen-bond donors (Lipinski definition) is 0. The average Bonchev–Trinajstić information content (AvgIpc) is 2.30. The standard InChI is InChI=1S/C17H36OSi/c1-9-10-11-17(8)12-13-18-19(14(2)3,15(4)5)16(6)7/h12-17H,9-11H2,1-8H3/b13-12-. The van der Waals surface area contributed by atoms with Gasteiger partial charge in [-0.1, -0.05) is 68.2 Å². The van der Waals surface area contributed by atoms with E-state index >= 15 is 0 Å². The Morgan fingerprint density at radius 3 is 1.74 bits per heavy atom. The molecule has 0 fully saturated rings. The molecule has 1 atom stereocenters. The highest BCUT2D eigenvalue weighted by molar-refractivity contribution is 6.77. The summed E-state index contributed by atoms with van der Waals surface area (Å²) < 4.78 is 6.42. The van der Waals surface area contributed by atoms with E-state index in [4.69, 9.17) is 4.43 Å². The molecule has 0 aromatic rings. The van der Waals surface area contributed by atoms with Crippen molar-refractivity contribution in [1.29, 1.82) is 0 Å². The molecule has 0 aliphatic carbocycles. The largest absolute Gasteiger partial charge is 0.548 e. The van der Waals surface area contributed by atoms with Crippen molar-refractivity contribution in [1.82, 2.24) is 0 Å². The lowest BCUT2D eigenvalue weighted by Gasteiger charge is -2.41. The Labute approximate surface area is 123 Å². The van der Waals surface area contributed by atoms with Crippen molar-refractivity contribution < 1.29 is 4.43 Å². The first-order valence-corrected chi connectivity index (χ1v) is 10.3. The van der Waals surface area contributed by atoms with E-state index in [9.17, 15) is 0 Å². The Balaban J connectivity index is 4.71. The zero-order valence-corrected chi connectivity index (χ0v) is 15.5. The van der Waals surface area contributed by atoms with E-state index in [1.54, 1.807) is 0 Å². The van der Waals surface area contributed by atoms with Gasteiger partial charge in [0.05, 0.1) is 6.26 Å². The Hall–Kier alpha value is -0.243. The second kappa shape index (κ2) is 8.83. The molecule has 19 heavy (non-hydrogen) atoms. The van der Waals surface area contributed by atoms with Crippen LogP contribution in [0.2, 0.25) is 16.6 Å². The molecule has 0 radical (unpaired) electrons. The summed E-state index contributed by atoms with van der Waals surface area (Å²) in [5, 5.41) is 0. The van der Waals surface area contributed by atoms with Gasteiger partial charge in [0.15, 0.2) is 0 Å². The third kappa shape index (κ3) is 5.33. The van der Waals surface area contributed by atoms with Crippen LogP contribution in [-0.2, 0) is 4.43 Å². The van der Waals surface area contributed by atoms with Crippen molar-refractivity contribution in [2.45, 2.75) is 91.3 Å². The maximum absolute atomic E-state index is 6.42. The van der Waals surface area contributed by atoms with Crippen LogP contribution in [0.25, 0.3) is 0 Å². The number of allylic oxidation sites excluding steroid dienone is 1. The lowest BCUT2D eigenvalue weighted by Crippen LogP contribution is -2.46. The summed E-state index contributed by atoms with van der Waals surface area (Å²) in [5.74, 6) is 0.637. The minimum absolute atomic E-state index is 0.637. The maximum Gasteiger partial charge on any atom is 0.257 e. The van der Waals surface area contributed by atoms with Crippen LogP contribution < -0.4 is 0 Å². The smallest absolute Gasteiger partial charge is 0.257 e. The molecule has 1 nitrogen and oxygen atoms in total. The highest BCUT2D eigenvalue weighted by Crippen LogP contribution is 2.42. The van der Waals surface area contributed by atoms with E-state index in [1.807, 2.05) is 6.26 Å². The summed E-state index contributed by atoms with van der Waals surface area (Å²) in [4.78, 5) is 0. The molecule has 0 N–H and O–H groups in total. The van der Waals surface area contributed by atoms with E-state index in [2.05, 4.69) is 61.5 Å². The molecular formula is C17H36OSi. The van der Waals surface area contributed by atoms with Crippen LogP contribution in [-0.4, -0.2) is 8.32 Å². The van der Waals surface area contributed by atoms with Crippen LogP contribution >= 0.6 is 0 Å². The number of unbranched alkanes of at least 4 members (excludes halogenated alkanes) is 1. The summed E-state index contributed by atoms with van der Waals surface area (Å²) in [7, 11) is -1.71. The lowest BCUT2D eigenvalue weighted by atomic mass is 10.1. The van der Waals surface area contributed by atoms with E-state index in [0.29, 0.717) is 22.5 Å². The van der Waals surface area contributed by atoms with Gasteiger partial charge in [-0.05, 0) is 35.0 Å². The monoisotopic (exact) mass is 284 g/mol. The van der Waals surface area contributed by atoms with Gasteiger partial charge >= 0.3 is 0 Å². The van der Waals surface area contributed by atoms with Crippen molar-refractivity contribution in [2.75, 3.05) is 0 Å². The van der Waals surface area contributed by atoms with E-state index in [-0.39, 0.29) is 0 Å². The van der Waals surface area contributed by atoms with Crippen LogP contribution in [0, 0.1) is 5.92 Å². The molecule has 0 aromatic carbocycles. The number of hydrogen-bond acceptors (Lipinski definition) is 1. The van der Waals surface area contributed by atoms with Crippen LogP contribution in [0.3, 0.4) is 0 Å². The third-order valence-electron chi connectivity index (χ3n) is 4.40.